The van der Waals surface area contributed by atoms with E-state index >= 15 is 0 Å². The van der Waals surface area contributed by atoms with Crippen molar-refractivity contribution in [2.75, 3.05) is 6.54 Å². The summed E-state index contributed by atoms with van der Waals surface area (Å²) in [4.78, 5) is 25.4. The molecule has 0 bridgehead atoms. The minimum Gasteiger partial charge on any atom is -0.349 e. The number of carbonyl (C=O) groups is 1. The number of nitrogens with zero attached hydrogens (tertiary/aromatic N) is 2. The van der Waals surface area contributed by atoms with Crippen molar-refractivity contribution >= 4 is 29.1 Å². The van der Waals surface area contributed by atoms with Crippen LogP contribution < -0.4 is 16.6 Å². The van der Waals surface area contributed by atoms with Gasteiger partial charge in [0.15, 0.2) is 5.69 Å². The normalized spacial score (nSPS) is 11.9. The van der Waals surface area contributed by atoms with Crippen LogP contribution in [0.15, 0.2) is 59.4 Å². The molecule has 0 saturated heterocycles. The van der Waals surface area contributed by atoms with Gasteiger partial charge in [-0.2, -0.15) is 5.10 Å². The van der Waals surface area contributed by atoms with Crippen LogP contribution in [0.4, 0.5) is 0 Å². The summed E-state index contributed by atoms with van der Waals surface area (Å²) in [6, 6.07) is 16.3. The number of fused-ring (bicyclic) bond motifs is 1. The maximum Gasteiger partial charge on any atom is 0.274 e. The third-order valence-corrected chi connectivity index (χ3v) is 4.33. The molecule has 0 aliphatic rings. The Balaban J connectivity index is 0.00000280. The molecule has 3 aromatic rings. The van der Waals surface area contributed by atoms with E-state index in [1.54, 1.807) is 24.3 Å². The summed E-state index contributed by atoms with van der Waals surface area (Å²) in [5, 5.41) is 8.23. The van der Waals surface area contributed by atoms with E-state index in [1.165, 1.54) is 4.68 Å². The number of benzene rings is 2. The summed E-state index contributed by atoms with van der Waals surface area (Å²) in [6.45, 7) is 4.74. The van der Waals surface area contributed by atoms with E-state index < -0.39 is 0 Å². The van der Waals surface area contributed by atoms with Crippen LogP contribution in [0.2, 0.25) is 0 Å². The number of carbonyl (C=O) groups excluding carboxylic acids is 1. The van der Waals surface area contributed by atoms with Crippen molar-refractivity contribution in [3.63, 3.8) is 0 Å². The van der Waals surface area contributed by atoms with Crippen LogP contribution in [0.5, 0.6) is 0 Å². The number of amides is 1. The Morgan fingerprint density at radius 2 is 1.68 bits per heavy atom. The second-order valence-electron chi connectivity index (χ2n) is 7.00. The molecule has 0 aliphatic heterocycles. The molecule has 1 heterocycles. The Morgan fingerprint density at radius 3 is 2.32 bits per heavy atom. The standard InChI is InChI=1S/C21H24N4O2.ClH/c1-14(2)13-25-21(27)17-11-7-6-10-16(17)19(24-25)20(26)23-12-18(22)15-8-4-3-5-9-15;/h3-11,14,18H,12-13,22H2,1-2H3,(H,23,26);1H. The van der Waals surface area contributed by atoms with Gasteiger partial charge in [0.25, 0.3) is 11.5 Å². The van der Waals surface area contributed by atoms with Crippen LogP contribution in [-0.4, -0.2) is 22.2 Å². The number of rotatable bonds is 6. The van der Waals surface area contributed by atoms with E-state index in [0.29, 0.717) is 17.3 Å². The van der Waals surface area contributed by atoms with Crippen LogP contribution in [0.25, 0.3) is 10.8 Å². The second-order valence-corrected chi connectivity index (χ2v) is 7.00. The summed E-state index contributed by atoms with van der Waals surface area (Å²) in [5.41, 5.74) is 7.17. The molecule has 6 nitrogen and oxygen atoms in total. The van der Waals surface area contributed by atoms with Gasteiger partial charge >= 0.3 is 0 Å². The van der Waals surface area contributed by atoms with E-state index in [2.05, 4.69) is 10.4 Å². The van der Waals surface area contributed by atoms with Gasteiger partial charge in [0.2, 0.25) is 0 Å². The lowest BCUT2D eigenvalue weighted by Gasteiger charge is -2.15. The average molecular weight is 401 g/mol. The molecule has 1 unspecified atom stereocenters. The van der Waals surface area contributed by atoms with Gasteiger partial charge in [-0.15, -0.1) is 12.4 Å². The van der Waals surface area contributed by atoms with Gasteiger partial charge in [-0.3, -0.25) is 9.59 Å². The fourth-order valence-corrected chi connectivity index (χ4v) is 2.98. The molecule has 1 amide bonds. The monoisotopic (exact) mass is 400 g/mol. The Kier molecular flexibility index (Phi) is 7.31. The quantitative estimate of drug-likeness (QED) is 0.665. The van der Waals surface area contributed by atoms with Crippen molar-refractivity contribution in [1.29, 1.82) is 0 Å². The number of nitrogens with two attached hydrogens (primary N) is 1. The molecule has 0 spiro atoms. The fraction of sp³-hybridized carbons (Fsp3) is 0.286. The zero-order chi connectivity index (χ0) is 19.4. The van der Waals surface area contributed by atoms with Crippen molar-refractivity contribution < 1.29 is 4.79 Å². The van der Waals surface area contributed by atoms with Crippen LogP contribution >= 0.6 is 12.4 Å². The Bertz CT molecular complexity index is 1000. The number of hydrogen-bond acceptors (Lipinski definition) is 4. The first-order chi connectivity index (χ1) is 13.0. The van der Waals surface area contributed by atoms with E-state index in [1.807, 2.05) is 44.2 Å². The van der Waals surface area contributed by atoms with Crippen molar-refractivity contribution in [3.8, 4) is 0 Å². The van der Waals surface area contributed by atoms with Gasteiger partial charge in [-0.1, -0.05) is 62.4 Å². The number of hydrogen-bond donors (Lipinski definition) is 2. The van der Waals surface area contributed by atoms with Gasteiger partial charge < -0.3 is 11.1 Å². The van der Waals surface area contributed by atoms with Crippen LogP contribution in [-0.2, 0) is 6.54 Å². The molecule has 3 rings (SSSR count). The van der Waals surface area contributed by atoms with Crippen molar-refractivity contribution in [3.05, 3.63) is 76.2 Å². The lowest BCUT2D eigenvalue weighted by molar-refractivity contribution is 0.0945. The predicted octanol–water partition coefficient (Wildman–Crippen LogP) is 2.90. The highest BCUT2D eigenvalue weighted by molar-refractivity contribution is 6.04. The SMILES string of the molecule is CC(C)Cn1nc(C(=O)NCC(N)c2ccccc2)c2ccccc2c1=O.Cl. The van der Waals surface area contributed by atoms with Crippen molar-refractivity contribution in [1.82, 2.24) is 15.1 Å². The van der Waals surface area contributed by atoms with Crippen LogP contribution in [0.3, 0.4) is 0 Å². The molecule has 1 atom stereocenters. The lowest BCUT2D eigenvalue weighted by atomic mass is 10.1. The summed E-state index contributed by atoms with van der Waals surface area (Å²) >= 11 is 0. The third-order valence-electron chi connectivity index (χ3n) is 4.33. The first-order valence-corrected chi connectivity index (χ1v) is 9.06. The van der Waals surface area contributed by atoms with E-state index in [4.69, 9.17) is 5.73 Å². The maximum absolute atomic E-state index is 12.8. The maximum atomic E-state index is 12.8. The summed E-state index contributed by atoms with van der Waals surface area (Å²) in [7, 11) is 0. The van der Waals surface area contributed by atoms with E-state index in [9.17, 15) is 9.59 Å². The molecule has 0 aliphatic carbocycles. The van der Waals surface area contributed by atoms with E-state index in [-0.39, 0.29) is 48.1 Å². The minimum atomic E-state index is -0.338. The molecule has 2 aromatic carbocycles. The molecule has 0 radical (unpaired) electrons. The topological polar surface area (TPSA) is 90.0 Å². The van der Waals surface area contributed by atoms with Gasteiger partial charge in [0.05, 0.1) is 5.39 Å². The highest BCUT2D eigenvalue weighted by atomic mass is 35.5. The highest BCUT2D eigenvalue weighted by Crippen LogP contribution is 2.14. The Labute approximate surface area is 170 Å². The van der Waals surface area contributed by atoms with Gasteiger partial charge in [-0.25, -0.2) is 4.68 Å². The number of halogens is 1. The molecule has 7 heteroatoms. The molecule has 28 heavy (non-hydrogen) atoms. The molecule has 1 aromatic heterocycles. The molecular weight excluding hydrogens is 376 g/mol. The molecule has 0 saturated carbocycles. The highest BCUT2D eigenvalue weighted by Gasteiger charge is 2.18. The zero-order valence-corrected chi connectivity index (χ0v) is 16.8. The second kappa shape index (κ2) is 9.48. The molecule has 3 N–H and O–H groups in total. The largest absolute Gasteiger partial charge is 0.349 e. The van der Waals surface area contributed by atoms with E-state index in [0.717, 1.165) is 5.56 Å². The summed E-state index contributed by atoms with van der Waals surface area (Å²) in [6.07, 6.45) is 0. The zero-order valence-electron chi connectivity index (χ0n) is 16.0. The van der Waals surface area contributed by atoms with Gasteiger partial charge in [-0.05, 0) is 17.5 Å². The summed E-state index contributed by atoms with van der Waals surface area (Å²) < 4.78 is 1.37. The van der Waals surface area contributed by atoms with Crippen LogP contribution in [0, 0.1) is 5.92 Å². The fourth-order valence-electron chi connectivity index (χ4n) is 2.98. The third kappa shape index (κ3) is 4.77. The molecule has 148 valence electrons. The minimum absolute atomic E-state index is 0. The Hall–Kier alpha value is -2.70. The predicted molar refractivity (Wildman–Crippen MR) is 114 cm³/mol. The first kappa shape index (κ1) is 21.6. The van der Waals surface area contributed by atoms with Crippen molar-refractivity contribution in [2.45, 2.75) is 26.4 Å². The Morgan fingerprint density at radius 1 is 1.07 bits per heavy atom. The van der Waals surface area contributed by atoms with Gasteiger partial charge in [0.1, 0.15) is 0 Å². The first-order valence-electron chi connectivity index (χ1n) is 9.06. The number of aromatic nitrogens is 2. The van der Waals surface area contributed by atoms with Crippen molar-refractivity contribution in [2.24, 2.45) is 11.7 Å². The summed E-state index contributed by atoms with van der Waals surface area (Å²) in [5.74, 6) is -0.103. The number of nitrogens with one attached hydrogen (secondary N) is 1. The average Bonchev–Trinajstić information content (AvgIpc) is 2.68. The smallest absolute Gasteiger partial charge is 0.274 e. The van der Waals surface area contributed by atoms with Crippen LogP contribution in [0.1, 0.15) is 35.9 Å². The lowest BCUT2D eigenvalue weighted by Crippen LogP contribution is -2.35. The van der Waals surface area contributed by atoms with Gasteiger partial charge in [0, 0.05) is 24.5 Å². The molecule has 0 fully saturated rings. The molecular formula is C21H25ClN4O2.